The minimum Gasteiger partial charge on any atom is -0.477 e. The molecular weight excluding hydrogens is 240 g/mol. The second kappa shape index (κ2) is 3.53. The van der Waals surface area contributed by atoms with Crippen molar-refractivity contribution < 1.29 is 14.7 Å². The number of nitrogens with zero attached hydrogens (tertiary/aromatic N) is 1. The van der Waals surface area contributed by atoms with Crippen LogP contribution in [-0.4, -0.2) is 26.8 Å². The SMILES string of the molecule is Cn1c(C(=O)O)cc2c1NC(=O)C(C1CC1)S2. The molecule has 1 amide bonds. The predicted octanol–water partition coefficient (Wildman–Crippen LogP) is 1.55. The first-order chi connectivity index (χ1) is 8.08. The molecule has 90 valence electrons. The highest BCUT2D eigenvalue weighted by molar-refractivity contribution is 8.01. The second-order valence-electron chi connectivity index (χ2n) is 4.47. The molecule has 1 aliphatic carbocycles. The summed E-state index contributed by atoms with van der Waals surface area (Å²) < 4.78 is 1.52. The molecule has 1 saturated carbocycles. The Morgan fingerprint density at radius 3 is 2.88 bits per heavy atom. The zero-order chi connectivity index (χ0) is 12.2. The Bertz CT molecular complexity index is 519. The van der Waals surface area contributed by atoms with Crippen LogP contribution in [0.25, 0.3) is 0 Å². The van der Waals surface area contributed by atoms with Crippen LogP contribution in [0.3, 0.4) is 0 Å². The quantitative estimate of drug-likeness (QED) is 0.837. The van der Waals surface area contributed by atoms with Crippen molar-refractivity contribution in [2.45, 2.75) is 23.0 Å². The van der Waals surface area contributed by atoms with Crippen LogP contribution in [0, 0.1) is 5.92 Å². The van der Waals surface area contributed by atoms with Crippen LogP contribution in [0.1, 0.15) is 23.3 Å². The maximum atomic E-state index is 11.9. The Kier molecular flexibility index (Phi) is 2.22. The van der Waals surface area contributed by atoms with E-state index in [4.69, 9.17) is 5.11 Å². The molecule has 2 heterocycles. The van der Waals surface area contributed by atoms with Gasteiger partial charge in [0.05, 0.1) is 10.1 Å². The molecule has 5 nitrogen and oxygen atoms in total. The van der Waals surface area contributed by atoms with E-state index in [2.05, 4.69) is 5.32 Å². The number of hydrogen-bond acceptors (Lipinski definition) is 3. The van der Waals surface area contributed by atoms with E-state index >= 15 is 0 Å². The smallest absolute Gasteiger partial charge is 0.352 e. The molecule has 1 atom stereocenters. The van der Waals surface area contributed by atoms with Gasteiger partial charge in [-0.2, -0.15) is 0 Å². The first-order valence-electron chi connectivity index (χ1n) is 5.48. The Morgan fingerprint density at radius 2 is 2.29 bits per heavy atom. The van der Waals surface area contributed by atoms with Gasteiger partial charge in [-0.05, 0) is 24.8 Å². The van der Waals surface area contributed by atoms with Crippen LogP contribution in [0.5, 0.6) is 0 Å². The van der Waals surface area contributed by atoms with Crippen molar-refractivity contribution in [3.8, 4) is 0 Å². The number of hydrogen-bond donors (Lipinski definition) is 2. The lowest BCUT2D eigenvalue weighted by Crippen LogP contribution is -2.31. The third kappa shape index (κ3) is 1.63. The molecule has 0 saturated heterocycles. The van der Waals surface area contributed by atoms with Gasteiger partial charge < -0.3 is 15.0 Å². The summed E-state index contributed by atoms with van der Waals surface area (Å²) in [4.78, 5) is 23.7. The molecule has 1 unspecified atom stereocenters. The molecule has 17 heavy (non-hydrogen) atoms. The maximum absolute atomic E-state index is 11.9. The number of carbonyl (C=O) groups excluding carboxylic acids is 1. The van der Waals surface area contributed by atoms with Crippen LogP contribution in [0.2, 0.25) is 0 Å². The molecule has 2 aliphatic rings. The first kappa shape index (κ1) is 10.7. The van der Waals surface area contributed by atoms with Crippen LogP contribution < -0.4 is 5.32 Å². The summed E-state index contributed by atoms with van der Waals surface area (Å²) >= 11 is 1.49. The van der Waals surface area contributed by atoms with E-state index in [0.717, 1.165) is 17.7 Å². The summed E-state index contributed by atoms with van der Waals surface area (Å²) in [6.07, 6.45) is 2.19. The number of amides is 1. The molecule has 0 aromatic carbocycles. The van der Waals surface area contributed by atoms with Gasteiger partial charge in [0, 0.05) is 7.05 Å². The van der Waals surface area contributed by atoms with E-state index in [1.807, 2.05) is 0 Å². The zero-order valence-corrected chi connectivity index (χ0v) is 10.1. The van der Waals surface area contributed by atoms with Gasteiger partial charge in [0.1, 0.15) is 11.5 Å². The van der Waals surface area contributed by atoms with Crippen LogP contribution in [0.4, 0.5) is 5.82 Å². The highest BCUT2D eigenvalue weighted by Crippen LogP contribution is 2.47. The molecule has 2 N–H and O–H groups in total. The minimum absolute atomic E-state index is 0.00291. The fourth-order valence-corrected chi connectivity index (χ4v) is 3.49. The van der Waals surface area contributed by atoms with Gasteiger partial charge in [0.15, 0.2) is 0 Å². The van der Waals surface area contributed by atoms with Crippen molar-refractivity contribution in [1.82, 2.24) is 4.57 Å². The zero-order valence-electron chi connectivity index (χ0n) is 9.27. The van der Waals surface area contributed by atoms with Crippen LogP contribution >= 0.6 is 11.8 Å². The molecule has 3 rings (SSSR count). The lowest BCUT2D eigenvalue weighted by atomic mass is 10.2. The lowest BCUT2D eigenvalue weighted by Gasteiger charge is -2.22. The van der Waals surface area contributed by atoms with Crippen molar-refractivity contribution in [2.75, 3.05) is 5.32 Å². The monoisotopic (exact) mass is 252 g/mol. The summed E-state index contributed by atoms with van der Waals surface area (Å²) in [5, 5.41) is 11.8. The van der Waals surface area contributed by atoms with Gasteiger partial charge in [-0.3, -0.25) is 4.79 Å². The molecular formula is C11H12N2O3S. The number of fused-ring (bicyclic) bond motifs is 1. The number of anilines is 1. The number of carboxylic acids is 1. The maximum Gasteiger partial charge on any atom is 0.352 e. The molecule has 1 fully saturated rings. The van der Waals surface area contributed by atoms with E-state index < -0.39 is 5.97 Å². The number of nitrogens with one attached hydrogen (secondary N) is 1. The summed E-state index contributed by atoms with van der Waals surface area (Å²) in [7, 11) is 1.65. The summed E-state index contributed by atoms with van der Waals surface area (Å²) in [6, 6.07) is 1.64. The van der Waals surface area contributed by atoms with Crippen molar-refractivity contribution in [2.24, 2.45) is 13.0 Å². The molecule has 0 radical (unpaired) electrons. The highest BCUT2D eigenvalue weighted by Gasteiger charge is 2.41. The first-order valence-corrected chi connectivity index (χ1v) is 6.36. The third-order valence-electron chi connectivity index (χ3n) is 3.22. The van der Waals surface area contributed by atoms with Gasteiger partial charge in [0.25, 0.3) is 0 Å². The molecule has 1 aliphatic heterocycles. The van der Waals surface area contributed by atoms with Gasteiger partial charge in [-0.25, -0.2) is 4.79 Å². The van der Waals surface area contributed by atoms with Crippen molar-refractivity contribution in [1.29, 1.82) is 0 Å². The van der Waals surface area contributed by atoms with Gasteiger partial charge in [-0.15, -0.1) is 11.8 Å². The Hall–Kier alpha value is -1.43. The normalized spacial score (nSPS) is 23.1. The largest absolute Gasteiger partial charge is 0.477 e. The summed E-state index contributed by atoms with van der Waals surface area (Å²) in [5.41, 5.74) is 0.208. The number of aromatic nitrogens is 1. The fourth-order valence-electron chi connectivity index (χ4n) is 2.10. The standard InChI is InChI=1S/C11H12N2O3S/c1-13-6(11(15)16)4-7-9(13)12-10(14)8(17-7)5-2-3-5/h4-5,8H,2-3H2,1H3,(H,12,14)(H,15,16). The highest BCUT2D eigenvalue weighted by atomic mass is 32.2. The number of aromatic carboxylic acids is 1. The molecule has 1 aromatic rings. The molecule has 0 spiro atoms. The Labute approximate surface area is 102 Å². The minimum atomic E-state index is -0.972. The van der Waals surface area contributed by atoms with Gasteiger partial charge in [-0.1, -0.05) is 0 Å². The molecule has 0 bridgehead atoms. The number of thioether (sulfide) groups is 1. The Balaban J connectivity index is 1.99. The van der Waals surface area contributed by atoms with E-state index in [-0.39, 0.29) is 16.9 Å². The number of carbonyl (C=O) groups is 2. The van der Waals surface area contributed by atoms with E-state index in [0.29, 0.717) is 11.7 Å². The van der Waals surface area contributed by atoms with Gasteiger partial charge in [0.2, 0.25) is 5.91 Å². The average molecular weight is 252 g/mol. The van der Waals surface area contributed by atoms with E-state index in [1.54, 1.807) is 13.1 Å². The average Bonchev–Trinajstić information content (AvgIpc) is 3.05. The number of carboxylic acid groups (broad SMARTS) is 1. The van der Waals surface area contributed by atoms with Crippen LogP contribution in [-0.2, 0) is 11.8 Å². The van der Waals surface area contributed by atoms with Crippen molar-refractivity contribution in [3.05, 3.63) is 11.8 Å². The van der Waals surface area contributed by atoms with Crippen LogP contribution in [0.15, 0.2) is 11.0 Å². The molecule has 1 aromatic heterocycles. The molecule has 6 heteroatoms. The topological polar surface area (TPSA) is 71.3 Å². The lowest BCUT2D eigenvalue weighted by molar-refractivity contribution is -0.116. The fraction of sp³-hybridized carbons (Fsp3) is 0.455. The second-order valence-corrected chi connectivity index (χ2v) is 5.66. The van der Waals surface area contributed by atoms with Crippen molar-refractivity contribution >= 4 is 29.5 Å². The third-order valence-corrected chi connectivity index (χ3v) is 4.64. The predicted molar refractivity (Wildman–Crippen MR) is 63.4 cm³/mol. The summed E-state index contributed by atoms with van der Waals surface area (Å²) in [5.74, 6) is 0.0961. The number of rotatable bonds is 2. The Morgan fingerprint density at radius 1 is 1.59 bits per heavy atom. The van der Waals surface area contributed by atoms with E-state index in [9.17, 15) is 9.59 Å². The summed E-state index contributed by atoms with van der Waals surface area (Å²) in [6.45, 7) is 0. The van der Waals surface area contributed by atoms with E-state index in [1.165, 1.54) is 16.3 Å². The van der Waals surface area contributed by atoms with Crippen molar-refractivity contribution in [3.63, 3.8) is 0 Å². The van der Waals surface area contributed by atoms with Gasteiger partial charge >= 0.3 is 5.97 Å².